The third-order valence-electron chi connectivity index (χ3n) is 3.11. The van der Waals surface area contributed by atoms with E-state index >= 15 is 0 Å². The standard InChI is InChI=1S/C11H20N4O/c1-9(10-2-3-10)6-12-7-11-8-15(4-5-16)14-13-11/h8-10,12,16H,2-7H2,1H3. The first kappa shape index (κ1) is 11.5. The average Bonchev–Trinajstić information content (AvgIpc) is 3.02. The van der Waals surface area contributed by atoms with Crippen LogP contribution in [0, 0.1) is 11.8 Å². The van der Waals surface area contributed by atoms with Crippen LogP contribution in [-0.2, 0) is 13.1 Å². The van der Waals surface area contributed by atoms with Crippen molar-refractivity contribution < 1.29 is 5.11 Å². The van der Waals surface area contributed by atoms with Crippen LogP contribution in [0.25, 0.3) is 0 Å². The van der Waals surface area contributed by atoms with Crippen molar-refractivity contribution in [2.75, 3.05) is 13.2 Å². The molecule has 1 atom stereocenters. The first-order valence-corrected chi connectivity index (χ1v) is 6.00. The Balaban J connectivity index is 1.67. The number of nitrogens with one attached hydrogen (secondary N) is 1. The van der Waals surface area contributed by atoms with E-state index in [2.05, 4.69) is 22.6 Å². The van der Waals surface area contributed by atoms with Crippen LogP contribution >= 0.6 is 0 Å². The van der Waals surface area contributed by atoms with Crippen molar-refractivity contribution in [3.05, 3.63) is 11.9 Å². The Hall–Kier alpha value is -0.940. The second-order valence-corrected chi connectivity index (χ2v) is 4.64. The van der Waals surface area contributed by atoms with Crippen LogP contribution in [0.2, 0.25) is 0 Å². The topological polar surface area (TPSA) is 63.0 Å². The lowest BCUT2D eigenvalue weighted by atomic mass is 10.1. The minimum atomic E-state index is 0.106. The molecule has 0 aliphatic heterocycles. The molecule has 5 heteroatoms. The van der Waals surface area contributed by atoms with Crippen LogP contribution in [0.4, 0.5) is 0 Å². The van der Waals surface area contributed by atoms with Crippen LogP contribution in [-0.4, -0.2) is 33.3 Å². The molecule has 0 amide bonds. The van der Waals surface area contributed by atoms with Crippen LogP contribution in [0.1, 0.15) is 25.5 Å². The Morgan fingerprint density at radius 1 is 1.62 bits per heavy atom. The SMILES string of the molecule is CC(CNCc1cn(CCO)nn1)C1CC1. The van der Waals surface area contributed by atoms with Crippen molar-refractivity contribution in [1.82, 2.24) is 20.3 Å². The summed E-state index contributed by atoms with van der Waals surface area (Å²) in [5, 5.41) is 20.1. The van der Waals surface area contributed by atoms with Gasteiger partial charge < -0.3 is 10.4 Å². The molecule has 1 aliphatic rings. The van der Waals surface area contributed by atoms with Crippen molar-refractivity contribution in [3.8, 4) is 0 Å². The van der Waals surface area contributed by atoms with Gasteiger partial charge in [0.1, 0.15) is 0 Å². The lowest BCUT2D eigenvalue weighted by Crippen LogP contribution is -2.22. The van der Waals surface area contributed by atoms with Crippen LogP contribution < -0.4 is 5.32 Å². The fourth-order valence-corrected chi connectivity index (χ4v) is 1.89. The third kappa shape index (κ3) is 3.28. The molecule has 1 aromatic heterocycles. The fourth-order valence-electron chi connectivity index (χ4n) is 1.89. The Labute approximate surface area is 95.8 Å². The van der Waals surface area contributed by atoms with E-state index in [0.717, 1.165) is 30.6 Å². The third-order valence-corrected chi connectivity index (χ3v) is 3.11. The van der Waals surface area contributed by atoms with Gasteiger partial charge in [-0.2, -0.15) is 0 Å². The predicted molar refractivity (Wildman–Crippen MR) is 60.7 cm³/mol. The van der Waals surface area contributed by atoms with Crippen molar-refractivity contribution >= 4 is 0 Å². The minimum Gasteiger partial charge on any atom is -0.394 e. The Bertz CT molecular complexity index is 322. The molecule has 2 N–H and O–H groups in total. The quantitative estimate of drug-likeness (QED) is 0.704. The van der Waals surface area contributed by atoms with Crippen molar-refractivity contribution in [2.45, 2.75) is 32.9 Å². The summed E-state index contributed by atoms with van der Waals surface area (Å²) in [6.45, 7) is 4.74. The molecule has 2 rings (SSSR count). The monoisotopic (exact) mass is 224 g/mol. The zero-order valence-corrected chi connectivity index (χ0v) is 9.76. The maximum Gasteiger partial charge on any atom is 0.0964 e. The highest BCUT2D eigenvalue weighted by atomic mass is 16.3. The number of rotatable bonds is 7. The second kappa shape index (κ2) is 5.41. The van der Waals surface area contributed by atoms with E-state index in [1.807, 2.05) is 6.20 Å². The van der Waals surface area contributed by atoms with E-state index in [4.69, 9.17) is 5.11 Å². The molecule has 0 bridgehead atoms. The van der Waals surface area contributed by atoms with E-state index in [9.17, 15) is 0 Å². The number of hydrogen-bond acceptors (Lipinski definition) is 4. The summed E-state index contributed by atoms with van der Waals surface area (Å²) in [4.78, 5) is 0. The van der Waals surface area contributed by atoms with Crippen LogP contribution in [0.15, 0.2) is 6.20 Å². The number of aliphatic hydroxyl groups is 1. The fraction of sp³-hybridized carbons (Fsp3) is 0.818. The number of aliphatic hydroxyl groups excluding tert-OH is 1. The minimum absolute atomic E-state index is 0.106. The summed E-state index contributed by atoms with van der Waals surface area (Å²) < 4.78 is 1.67. The van der Waals surface area contributed by atoms with Gasteiger partial charge in [-0.25, -0.2) is 4.68 Å². The molecule has 0 aromatic carbocycles. The van der Waals surface area contributed by atoms with E-state index in [-0.39, 0.29) is 6.61 Å². The molecular weight excluding hydrogens is 204 g/mol. The van der Waals surface area contributed by atoms with Gasteiger partial charge in [-0.15, -0.1) is 5.10 Å². The summed E-state index contributed by atoms with van der Waals surface area (Å²) in [6, 6.07) is 0. The van der Waals surface area contributed by atoms with Crippen molar-refractivity contribution in [1.29, 1.82) is 0 Å². The highest BCUT2D eigenvalue weighted by Gasteiger charge is 2.27. The lowest BCUT2D eigenvalue weighted by molar-refractivity contribution is 0.268. The van der Waals surface area contributed by atoms with E-state index in [1.54, 1.807) is 4.68 Å². The van der Waals surface area contributed by atoms with Gasteiger partial charge in [0.2, 0.25) is 0 Å². The maximum absolute atomic E-state index is 8.74. The molecule has 1 unspecified atom stereocenters. The van der Waals surface area contributed by atoms with E-state index in [1.165, 1.54) is 12.8 Å². The number of nitrogens with zero attached hydrogens (tertiary/aromatic N) is 3. The molecule has 0 saturated heterocycles. The van der Waals surface area contributed by atoms with Gasteiger partial charge in [0.15, 0.2) is 0 Å². The van der Waals surface area contributed by atoms with Gasteiger partial charge >= 0.3 is 0 Å². The molecule has 1 aromatic rings. The average molecular weight is 224 g/mol. The zero-order chi connectivity index (χ0) is 11.4. The molecule has 1 heterocycles. The molecule has 1 fully saturated rings. The molecule has 1 aliphatic carbocycles. The normalized spacial score (nSPS) is 17.6. The van der Waals surface area contributed by atoms with E-state index in [0.29, 0.717) is 6.54 Å². The predicted octanol–water partition coefficient (Wildman–Crippen LogP) is 0.406. The lowest BCUT2D eigenvalue weighted by Gasteiger charge is -2.09. The Morgan fingerprint density at radius 2 is 2.44 bits per heavy atom. The number of hydrogen-bond donors (Lipinski definition) is 2. The molecular formula is C11H20N4O. The van der Waals surface area contributed by atoms with Crippen molar-refractivity contribution in [2.24, 2.45) is 11.8 Å². The van der Waals surface area contributed by atoms with Gasteiger partial charge in [-0.3, -0.25) is 0 Å². The summed E-state index contributed by atoms with van der Waals surface area (Å²) in [7, 11) is 0. The zero-order valence-electron chi connectivity index (χ0n) is 9.76. The summed E-state index contributed by atoms with van der Waals surface area (Å²) >= 11 is 0. The summed E-state index contributed by atoms with van der Waals surface area (Å²) in [5.41, 5.74) is 0.941. The molecule has 90 valence electrons. The Morgan fingerprint density at radius 3 is 3.12 bits per heavy atom. The molecule has 16 heavy (non-hydrogen) atoms. The summed E-state index contributed by atoms with van der Waals surface area (Å²) in [6.07, 6.45) is 4.68. The van der Waals surface area contributed by atoms with Crippen LogP contribution in [0.3, 0.4) is 0 Å². The van der Waals surface area contributed by atoms with E-state index < -0.39 is 0 Å². The molecule has 0 radical (unpaired) electrons. The first-order valence-electron chi connectivity index (χ1n) is 6.00. The maximum atomic E-state index is 8.74. The molecule has 5 nitrogen and oxygen atoms in total. The molecule has 0 spiro atoms. The highest BCUT2D eigenvalue weighted by Crippen LogP contribution is 2.36. The van der Waals surface area contributed by atoms with Crippen LogP contribution in [0.5, 0.6) is 0 Å². The molecule has 1 saturated carbocycles. The van der Waals surface area contributed by atoms with Gasteiger partial charge in [-0.1, -0.05) is 12.1 Å². The highest BCUT2D eigenvalue weighted by molar-refractivity contribution is 4.91. The van der Waals surface area contributed by atoms with Gasteiger partial charge in [0.25, 0.3) is 0 Å². The largest absolute Gasteiger partial charge is 0.394 e. The number of aromatic nitrogens is 3. The Kier molecular flexibility index (Phi) is 3.90. The van der Waals surface area contributed by atoms with Crippen molar-refractivity contribution in [3.63, 3.8) is 0 Å². The first-order chi connectivity index (χ1) is 7.79. The second-order valence-electron chi connectivity index (χ2n) is 4.64. The van der Waals surface area contributed by atoms with Gasteiger partial charge in [0, 0.05) is 12.7 Å². The van der Waals surface area contributed by atoms with Gasteiger partial charge in [0.05, 0.1) is 18.8 Å². The smallest absolute Gasteiger partial charge is 0.0964 e. The van der Waals surface area contributed by atoms with Gasteiger partial charge in [-0.05, 0) is 31.2 Å². The summed E-state index contributed by atoms with van der Waals surface area (Å²) in [5.74, 6) is 1.71.